The molecule has 9 nitrogen and oxygen atoms in total. The predicted molar refractivity (Wildman–Crippen MR) is 212 cm³/mol. The maximum Gasteiger partial charge on any atom is 0.220 e. The van der Waals surface area contributed by atoms with Crippen LogP contribution in [0.25, 0.3) is 0 Å². The average molecular weight is 738 g/mol. The summed E-state index contributed by atoms with van der Waals surface area (Å²) in [4.78, 5) is 12.9. The summed E-state index contributed by atoms with van der Waals surface area (Å²) in [7, 11) is 0. The lowest BCUT2D eigenvalue weighted by molar-refractivity contribution is -0.302. The second kappa shape index (κ2) is 33.9. The van der Waals surface area contributed by atoms with E-state index in [-0.39, 0.29) is 12.5 Å². The number of rotatable bonds is 34. The van der Waals surface area contributed by atoms with Crippen molar-refractivity contribution in [3.8, 4) is 0 Å². The third-order valence-electron chi connectivity index (χ3n) is 9.94. The van der Waals surface area contributed by atoms with Crippen LogP contribution >= 0.6 is 0 Å². The van der Waals surface area contributed by atoms with E-state index in [0.717, 1.165) is 57.8 Å². The number of hydrogen-bond donors (Lipinski definition) is 6. The van der Waals surface area contributed by atoms with Crippen molar-refractivity contribution >= 4 is 5.91 Å². The van der Waals surface area contributed by atoms with E-state index in [9.17, 15) is 30.3 Å². The van der Waals surface area contributed by atoms with Gasteiger partial charge < -0.3 is 40.3 Å². The van der Waals surface area contributed by atoms with E-state index in [2.05, 4.69) is 43.5 Å². The van der Waals surface area contributed by atoms with Crippen LogP contribution in [0.2, 0.25) is 0 Å². The molecule has 1 fully saturated rings. The summed E-state index contributed by atoms with van der Waals surface area (Å²) in [6, 6.07) is -0.822. The molecule has 1 saturated heterocycles. The summed E-state index contributed by atoms with van der Waals surface area (Å²) >= 11 is 0. The smallest absolute Gasteiger partial charge is 0.220 e. The van der Waals surface area contributed by atoms with Crippen molar-refractivity contribution in [2.45, 2.75) is 217 Å². The van der Waals surface area contributed by atoms with Crippen molar-refractivity contribution in [2.24, 2.45) is 0 Å². The quantitative estimate of drug-likeness (QED) is 0.0287. The highest BCUT2D eigenvalue weighted by molar-refractivity contribution is 5.76. The minimum Gasteiger partial charge on any atom is -0.394 e. The molecule has 1 heterocycles. The highest BCUT2D eigenvalue weighted by atomic mass is 16.7. The van der Waals surface area contributed by atoms with E-state index in [1.54, 1.807) is 6.08 Å². The minimum atomic E-state index is -1.57. The lowest BCUT2D eigenvalue weighted by atomic mass is 9.99. The second-order valence-electron chi connectivity index (χ2n) is 14.8. The topological polar surface area (TPSA) is 149 Å². The summed E-state index contributed by atoms with van der Waals surface area (Å²) in [6.45, 7) is 3.71. The molecule has 0 aromatic rings. The molecule has 0 aromatic heterocycles. The Labute approximate surface area is 317 Å². The summed E-state index contributed by atoms with van der Waals surface area (Å²) in [6.07, 6.45) is 33.3. The summed E-state index contributed by atoms with van der Waals surface area (Å²) in [5, 5.41) is 54.0. The molecule has 9 heteroatoms. The molecule has 1 rings (SSSR count). The van der Waals surface area contributed by atoms with Crippen molar-refractivity contribution in [1.29, 1.82) is 0 Å². The molecule has 0 saturated carbocycles. The number of carbonyl (C=O) groups excluding carboxylic acids is 1. The fourth-order valence-corrected chi connectivity index (χ4v) is 6.46. The van der Waals surface area contributed by atoms with Gasteiger partial charge in [-0.1, -0.05) is 147 Å². The SMILES string of the molecule is CCCCCC/C=C\CCCCCCCC(=O)NC(COC1OC(CO)C(O)C(O)C1O)C(O)/C=C/CC/C=C/CCCCCCCCCCCC. The average Bonchev–Trinajstić information content (AvgIpc) is 3.14. The highest BCUT2D eigenvalue weighted by Gasteiger charge is 2.44. The van der Waals surface area contributed by atoms with Crippen molar-refractivity contribution in [1.82, 2.24) is 5.32 Å². The van der Waals surface area contributed by atoms with Gasteiger partial charge in [0.2, 0.25) is 5.91 Å². The molecule has 0 radical (unpaired) electrons. The normalized spacial score (nSPS) is 22.2. The number of carbonyl (C=O) groups is 1. The van der Waals surface area contributed by atoms with Crippen LogP contribution in [0.4, 0.5) is 0 Å². The van der Waals surface area contributed by atoms with Crippen LogP contribution < -0.4 is 5.32 Å². The first-order valence-electron chi connectivity index (χ1n) is 21.2. The predicted octanol–water partition coefficient (Wildman–Crippen LogP) is 8.11. The zero-order valence-electron chi connectivity index (χ0n) is 33.1. The number of nitrogens with one attached hydrogen (secondary N) is 1. The van der Waals surface area contributed by atoms with Gasteiger partial charge >= 0.3 is 0 Å². The van der Waals surface area contributed by atoms with Crippen LogP contribution in [-0.2, 0) is 14.3 Å². The van der Waals surface area contributed by atoms with Gasteiger partial charge in [-0.25, -0.2) is 0 Å². The molecular formula is C43H79NO8. The van der Waals surface area contributed by atoms with Crippen molar-refractivity contribution in [2.75, 3.05) is 13.2 Å². The molecule has 304 valence electrons. The van der Waals surface area contributed by atoms with E-state index in [1.807, 2.05) is 6.08 Å². The monoisotopic (exact) mass is 738 g/mol. The molecule has 1 aliphatic rings. The molecule has 52 heavy (non-hydrogen) atoms. The van der Waals surface area contributed by atoms with E-state index in [0.29, 0.717) is 6.42 Å². The Morgan fingerprint density at radius 2 is 1.10 bits per heavy atom. The molecule has 0 aliphatic carbocycles. The van der Waals surface area contributed by atoms with Crippen molar-refractivity contribution in [3.05, 3.63) is 36.5 Å². The number of ether oxygens (including phenoxy) is 2. The van der Waals surface area contributed by atoms with Crippen LogP contribution in [0.15, 0.2) is 36.5 Å². The van der Waals surface area contributed by atoms with Gasteiger partial charge in [-0.15, -0.1) is 0 Å². The molecule has 7 atom stereocenters. The standard InChI is InChI=1S/C43H79NO8/c1-3-5-7-9-11-13-15-17-18-19-21-22-24-26-28-30-32-37(46)36(35-51-43-42(50)41(49)40(48)38(34-45)52-43)44-39(47)33-31-29-27-25-23-20-16-14-12-10-8-6-4-2/h14,16,22,24,30,32,36-38,40-43,45-46,48-50H,3-13,15,17-21,23,25-29,31,33-35H2,1-2H3,(H,44,47)/b16-14-,24-22+,32-30+. The maximum atomic E-state index is 12.9. The van der Waals surface area contributed by atoms with Crippen LogP contribution in [0.3, 0.4) is 0 Å². The summed E-state index contributed by atoms with van der Waals surface area (Å²) in [5.74, 6) is -0.198. The number of amides is 1. The number of hydrogen-bond acceptors (Lipinski definition) is 8. The van der Waals surface area contributed by atoms with Gasteiger partial charge in [0.15, 0.2) is 6.29 Å². The molecule has 1 amide bonds. The first-order chi connectivity index (χ1) is 25.3. The van der Waals surface area contributed by atoms with Gasteiger partial charge in [0.05, 0.1) is 25.4 Å². The minimum absolute atomic E-state index is 0.198. The third-order valence-corrected chi connectivity index (χ3v) is 9.94. The maximum absolute atomic E-state index is 12.9. The number of aliphatic hydroxyl groups excluding tert-OH is 5. The fraction of sp³-hybridized carbons (Fsp3) is 0.837. The Morgan fingerprint density at radius 3 is 1.63 bits per heavy atom. The molecule has 6 N–H and O–H groups in total. The first kappa shape index (κ1) is 48.4. The van der Waals surface area contributed by atoms with Crippen molar-refractivity contribution < 1.29 is 39.8 Å². The zero-order chi connectivity index (χ0) is 38.1. The highest BCUT2D eigenvalue weighted by Crippen LogP contribution is 2.22. The van der Waals surface area contributed by atoms with Crippen LogP contribution in [0.5, 0.6) is 0 Å². The van der Waals surface area contributed by atoms with Crippen LogP contribution in [0, 0.1) is 0 Å². The second-order valence-corrected chi connectivity index (χ2v) is 14.8. The Kier molecular flexibility index (Phi) is 31.6. The number of aliphatic hydroxyl groups is 5. The third kappa shape index (κ3) is 24.7. The van der Waals surface area contributed by atoms with Gasteiger partial charge in [-0.2, -0.15) is 0 Å². The zero-order valence-corrected chi connectivity index (χ0v) is 33.1. The molecule has 1 aliphatic heterocycles. The van der Waals surface area contributed by atoms with Crippen LogP contribution in [-0.4, -0.2) is 87.5 Å². The van der Waals surface area contributed by atoms with Crippen molar-refractivity contribution in [3.63, 3.8) is 0 Å². The van der Waals surface area contributed by atoms with E-state index < -0.39 is 49.5 Å². The van der Waals surface area contributed by atoms with Gasteiger partial charge in [-0.3, -0.25) is 4.79 Å². The Hall–Kier alpha value is -1.59. The lowest BCUT2D eigenvalue weighted by Crippen LogP contribution is -2.60. The van der Waals surface area contributed by atoms with E-state index >= 15 is 0 Å². The number of unbranched alkanes of at least 4 members (excludes halogenated alkanes) is 20. The molecule has 0 spiro atoms. The first-order valence-corrected chi connectivity index (χ1v) is 21.2. The Bertz CT molecular complexity index is 910. The summed E-state index contributed by atoms with van der Waals surface area (Å²) < 4.78 is 11.2. The number of allylic oxidation sites excluding steroid dienone is 5. The Balaban J connectivity index is 2.45. The lowest BCUT2D eigenvalue weighted by Gasteiger charge is -2.40. The largest absolute Gasteiger partial charge is 0.394 e. The van der Waals surface area contributed by atoms with Gasteiger partial charge in [0.1, 0.15) is 24.4 Å². The van der Waals surface area contributed by atoms with Gasteiger partial charge in [-0.05, 0) is 57.8 Å². The molecular weight excluding hydrogens is 658 g/mol. The van der Waals surface area contributed by atoms with E-state index in [1.165, 1.54) is 96.3 Å². The van der Waals surface area contributed by atoms with E-state index in [4.69, 9.17) is 9.47 Å². The summed E-state index contributed by atoms with van der Waals surface area (Å²) in [5.41, 5.74) is 0. The van der Waals surface area contributed by atoms with Crippen LogP contribution in [0.1, 0.15) is 174 Å². The van der Waals surface area contributed by atoms with Gasteiger partial charge in [0, 0.05) is 6.42 Å². The Morgan fingerprint density at radius 1 is 0.635 bits per heavy atom. The molecule has 0 bridgehead atoms. The molecule has 0 aromatic carbocycles. The van der Waals surface area contributed by atoms with Gasteiger partial charge in [0.25, 0.3) is 0 Å². The fourth-order valence-electron chi connectivity index (χ4n) is 6.46. The molecule has 7 unspecified atom stereocenters.